The van der Waals surface area contributed by atoms with E-state index in [4.69, 9.17) is 4.42 Å². The predicted octanol–water partition coefficient (Wildman–Crippen LogP) is 3.58. The topological polar surface area (TPSA) is 55.1 Å². The molecule has 0 spiro atoms. The van der Waals surface area contributed by atoms with E-state index < -0.39 is 0 Å². The molecule has 1 amide bonds. The Labute approximate surface area is 128 Å². The third-order valence-electron chi connectivity index (χ3n) is 3.35. The molecule has 3 aromatic rings. The number of carbonyl (C=O) groups excluding carboxylic acids is 1. The summed E-state index contributed by atoms with van der Waals surface area (Å²) in [6.45, 7) is 2.48. The summed E-state index contributed by atoms with van der Waals surface area (Å²) in [5, 5.41) is 2.88. The molecule has 0 atom stereocenters. The van der Waals surface area contributed by atoms with Crippen molar-refractivity contribution >= 4 is 5.91 Å². The van der Waals surface area contributed by atoms with Gasteiger partial charge in [0.05, 0.1) is 0 Å². The lowest BCUT2D eigenvalue weighted by molar-refractivity contribution is 0.0946. The molecular weight excluding hydrogens is 276 g/mol. The van der Waals surface area contributed by atoms with Crippen molar-refractivity contribution in [2.75, 3.05) is 0 Å². The van der Waals surface area contributed by atoms with Gasteiger partial charge < -0.3 is 9.73 Å². The minimum Gasteiger partial charge on any atom is -0.443 e. The molecule has 0 aliphatic heterocycles. The first-order chi connectivity index (χ1) is 10.7. The molecule has 0 radical (unpaired) electrons. The van der Waals surface area contributed by atoms with Crippen LogP contribution in [0, 0.1) is 6.92 Å². The Morgan fingerprint density at radius 3 is 2.73 bits per heavy atom. The standard InChI is InChI=1S/C18H16N2O2/c1-13-6-5-7-14(10-13)11-19-18(21)16-17(22-12-20-16)15-8-3-2-4-9-15/h2-10,12H,11H2,1H3,(H,19,21). The molecule has 1 N–H and O–H groups in total. The van der Waals surface area contributed by atoms with Crippen molar-refractivity contribution in [2.24, 2.45) is 0 Å². The number of oxazole rings is 1. The maximum Gasteiger partial charge on any atom is 0.274 e. The van der Waals surface area contributed by atoms with Crippen LogP contribution >= 0.6 is 0 Å². The van der Waals surface area contributed by atoms with Gasteiger partial charge in [0.15, 0.2) is 17.8 Å². The van der Waals surface area contributed by atoms with Gasteiger partial charge in [-0.25, -0.2) is 4.98 Å². The van der Waals surface area contributed by atoms with Crippen LogP contribution in [0.15, 0.2) is 65.4 Å². The number of benzene rings is 2. The molecule has 4 heteroatoms. The highest BCUT2D eigenvalue weighted by Crippen LogP contribution is 2.22. The zero-order valence-corrected chi connectivity index (χ0v) is 12.2. The Morgan fingerprint density at radius 2 is 1.95 bits per heavy atom. The maximum atomic E-state index is 12.3. The highest BCUT2D eigenvalue weighted by molar-refractivity contribution is 5.97. The molecule has 4 nitrogen and oxygen atoms in total. The van der Waals surface area contributed by atoms with Crippen molar-refractivity contribution in [1.29, 1.82) is 0 Å². The summed E-state index contributed by atoms with van der Waals surface area (Å²) in [6, 6.07) is 17.5. The van der Waals surface area contributed by atoms with Crippen LogP contribution in [-0.2, 0) is 6.54 Å². The van der Waals surface area contributed by atoms with Crippen LogP contribution in [-0.4, -0.2) is 10.9 Å². The Kier molecular flexibility index (Phi) is 4.01. The number of nitrogens with one attached hydrogen (secondary N) is 1. The van der Waals surface area contributed by atoms with Crippen LogP contribution < -0.4 is 5.32 Å². The quantitative estimate of drug-likeness (QED) is 0.799. The number of carbonyl (C=O) groups is 1. The Morgan fingerprint density at radius 1 is 1.14 bits per heavy atom. The molecule has 1 heterocycles. The van der Waals surface area contributed by atoms with E-state index in [1.165, 1.54) is 6.39 Å². The number of hydrogen-bond acceptors (Lipinski definition) is 3. The Balaban J connectivity index is 1.75. The van der Waals surface area contributed by atoms with Gasteiger partial charge in [0.1, 0.15) is 0 Å². The van der Waals surface area contributed by atoms with Gasteiger partial charge in [0.2, 0.25) is 0 Å². The largest absolute Gasteiger partial charge is 0.443 e. The lowest BCUT2D eigenvalue weighted by atomic mass is 10.1. The number of nitrogens with zero attached hydrogens (tertiary/aromatic N) is 1. The highest BCUT2D eigenvalue weighted by Gasteiger charge is 2.17. The summed E-state index contributed by atoms with van der Waals surface area (Å²) in [6.07, 6.45) is 1.30. The van der Waals surface area contributed by atoms with Crippen LogP contribution in [0.5, 0.6) is 0 Å². The van der Waals surface area contributed by atoms with E-state index in [9.17, 15) is 4.79 Å². The first-order valence-corrected chi connectivity index (χ1v) is 7.06. The minimum absolute atomic E-state index is 0.242. The van der Waals surface area contributed by atoms with Crippen molar-refractivity contribution in [3.05, 3.63) is 77.8 Å². The van der Waals surface area contributed by atoms with Gasteiger partial charge >= 0.3 is 0 Å². The molecule has 0 bridgehead atoms. The van der Waals surface area contributed by atoms with Crippen molar-refractivity contribution in [3.63, 3.8) is 0 Å². The number of aryl methyl sites for hydroxylation is 1. The third kappa shape index (κ3) is 3.06. The highest BCUT2D eigenvalue weighted by atomic mass is 16.3. The van der Waals surface area contributed by atoms with Crippen molar-refractivity contribution < 1.29 is 9.21 Å². The molecule has 0 fully saturated rings. The van der Waals surface area contributed by atoms with Gasteiger partial charge in [0.25, 0.3) is 5.91 Å². The number of amides is 1. The average Bonchev–Trinajstić information content (AvgIpc) is 3.03. The molecule has 0 saturated heterocycles. The molecule has 2 aromatic carbocycles. The van der Waals surface area contributed by atoms with E-state index in [-0.39, 0.29) is 5.91 Å². The molecule has 0 saturated carbocycles. The summed E-state index contributed by atoms with van der Waals surface area (Å²) in [4.78, 5) is 16.4. The second-order valence-electron chi connectivity index (χ2n) is 5.07. The van der Waals surface area contributed by atoms with Crippen LogP contribution in [0.1, 0.15) is 21.6 Å². The molecule has 0 aliphatic rings. The van der Waals surface area contributed by atoms with E-state index in [0.717, 1.165) is 16.7 Å². The summed E-state index contributed by atoms with van der Waals surface area (Å²) in [7, 11) is 0. The molecule has 1 aromatic heterocycles. The second kappa shape index (κ2) is 6.26. The van der Waals surface area contributed by atoms with Gasteiger partial charge in [-0.3, -0.25) is 4.79 Å². The second-order valence-corrected chi connectivity index (χ2v) is 5.07. The number of rotatable bonds is 4. The predicted molar refractivity (Wildman–Crippen MR) is 84.3 cm³/mol. The monoisotopic (exact) mass is 292 g/mol. The van der Waals surface area contributed by atoms with Gasteiger partial charge in [-0.05, 0) is 12.5 Å². The smallest absolute Gasteiger partial charge is 0.274 e. The van der Waals surface area contributed by atoms with Gasteiger partial charge in [-0.1, -0.05) is 60.2 Å². The first kappa shape index (κ1) is 14.1. The maximum absolute atomic E-state index is 12.3. The van der Waals surface area contributed by atoms with Crippen molar-refractivity contribution in [1.82, 2.24) is 10.3 Å². The summed E-state index contributed by atoms with van der Waals surface area (Å²) in [5.74, 6) is 0.247. The molecular formula is C18H16N2O2. The number of aromatic nitrogens is 1. The molecule has 0 aliphatic carbocycles. The van der Waals surface area contributed by atoms with Gasteiger partial charge in [0, 0.05) is 12.1 Å². The lowest BCUT2D eigenvalue weighted by Gasteiger charge is -2.05. The normalized spacial score (nSPS) is 10.4. The van der Waals surface area contributed by atoms with E-state index in [1.807, 2.05) is 61.5 Å². The van der Waals surface area contributed by atoms with Gasteiger partial charge in [-0.2, -0.15) is 0 Å². The van der Waals surface area contributed by atoms with Crippen LogP contribution in [0.25, 0.3) is 11.3 Å². The van der Waals surface area contributed by atoms with Crippen LogP contribution in [0.3, 0.4) is 0 Å². The van der Waals surface area contributed by atoms with E-state index in [2.05, 4.69) is 10.3 Å². The van der Waals surface area contributed by atoms with Crippen molar-refractivity contribution in [2.45, 2.75) is 13.5 Å². The lowest BCUT2D eigenvalue weighted by Crippen LogP contribution is -2.23. The fourth-order valence-corrected chi connectivity index (χ4v) is 2.29. The Hall–Kier alpha value is -2.88. The SMILES string of the molecule is Cc1cccc(CNC(=O)c2ncoc2-c2ccccc2)c1. The minimum atomic E-state index is -0.242. The Bertz CT molecular complexity index is 779. The molecule has 3 rings (SSSR count). The first-order valence-electron chi connectivity index (χ1n) is 7.06. The molecule has 0 unspecified atom stereocenters. The summed E-state index contributed by atoms with van der Waals surface area (Å²) < 4.78 is 5.37. The van der Waals surface area contributed by atoms with Crippen LogP contribution in [0.4, 0.5) is 0 Å². The summed E-state index contributed by atoms with van der Waals surface area (Å²) >= 11 is 0. The third-order valence-corrected chi connectivity index (χ3v) is 3.35. The molecule has 22 heavy (non-hydrogen) atoms. The fourth-order valence-electron chi connectivity index (χ4n) is 2.29. The molecule has 110 valence electrons. The fraction of sp³-hybridized carbons (Fsp3) is 0.111. The van der Waals surface area contributed by atoms with Crippen LogP contribution in [0.2, 0.25) is 0 Å². The van der Waals surface area contributed by atoms with Gasteiger partial charge in [-0.15, -0.1) is 0 Å². The van der Waals surface area contributed by atoms with Crippen molar-refractivity contribution in [3.8, 4) is 11.3 Å². The number of hydrogen-bond donors (Lipinski definition) is 1. The van der Waals surface area contributed by atoms with E-state index in [0.29, 0.717) is 18.0 Å². The van der Waals surface area contributed by atoms with E-state index in [1.54, 1.807) is 0 Å². The average molecular weight is 292 g/mol. The summed E-state index contributed by atoms with van der Waals surface area (Å²) in [5.41, 5.74) is 3.36. The van der Waals surface area contributed by atoms with E-state index >= 15 is 0 Å². The zero-order chi connectivity index (χ0) is 15.4. The zero-order valence-electron chi connectivity index (χ0n) is 12.2.